The van der Waals surface area contributed by atoms with Crippen LogP contribution in [0.25, 0.3) is 32.7 Å². The minimum Gasteiger partial charge on any atom is -0.454 e. The van der Waals surface area contributed by atoms with Crippen molar-refractivity contribution in [2.24, 2.45) is 0 Å². The fourth-order valence-corrected chi connectivity index (χ4v) is 3.58. The zero-order valence-electron chi connectivity index (χ0n) is 13.7. The van der Waals surface area contributed by atoms with Crippen molar-refractivity contribution in [1.29, 1.82) is 0 Å². The van der Waals surface area contributed by atoms with Crippen molar-refractivity contribution in [1.82, 2.24) is 4.90 Å². The summed E-state index contributed by atoms with van der Waals surface area (Å²) in [6.45, 7) is 2.19. The van der Waals surface area contributed by atoms with E-state index in [-0.39, 0.29) is 6.17 Å². The lowest BCUT2D eigenvalue weighted by Gasteiger charge is -2.26. The molecule has 0 saturated heterocycles. The molecule has 5 rings (SSSR count). The van der Waals surface area contributed by atoms with Crippen LogP contribution >= 0.6 is 0 Å². The molecule has 4 aromatic rings. The molecule has 0 bridgehead atoms. The highest BCUT2D eigenvalue weighted by molar-refractivity contribution is 6.12. The number of fused-ring (bicyclic) bond motifs is 4. The topological polar surface area (TPSA) is 19.6 Å². The van der Waals surface area contributed by atoms with Gasteiger partial charge in [-0.15, -0.1) is 0 Å². The summed E-state index contributed by atoms with van der Waals surface area (Å²) >= 11 is 0. The van der Waals surface area contributed by atoms with Crippen LogP contribution in [0.1, 0.15) is 6.92 Å². The second-order valence-corrected chi connectivity index (χ2v) is 6.45. The lowest BCUT2D eigenvalue weighted by Crippen LogP contribution is -2.33. The Labute approximate surface area is 140 Å². The van der Waals surface area contributed by atoms with Gasteiger partial charge in [-0.1, -0.05) is 36.4 Å². The maximum atomic E-state index is 6.29. The van der Waals surface area contributed by atoms with E-state index in [1.165, 1.54) is 21.5 Å². The van der Waals surface area contributed by atoms with Gasteiger partial charge in [0.15, 0.2) is 5.58 Å². The third kappa shape index (κ3) is 1.78. The standard InChI is InChI=1S/C21H18N2O/c1-14-22(2)10-11-23(14)19-9-5-8-17-18-12-15-6-3-4-7-16(15)13-20(18)24-21(17)19/h3-14H,1-2H3. The Hall–Kier alpha value is -2.94. The molecule has 0 N–H and O–H groups in total. The van der Waals surface area contributed by atoms with E-state index in [0.29, 0.717) is 0 Å². The van der Waals surface area contributed by atoms with Crippen LogP contribution in [0, 0.1) is 0 Å². The highest BCUT2D eigenvalue weighted by atomic mass is 16.3. The van der Waals surface area contributed by atoms with Gasteiger partial charge in [0.25, 0.3) is 0 Å². The number of hydrogen-bond donors (Lipinski definition) is 0. The molecule has 0 saturated carbocycles. The lowest BCUT2D eigenvalue weighted by molar-refractivity contribution is 0.383. The van der Waals surface area contributed by atoms with Gasteiger partial charge < -0.3 is 14.2 Å². The monoisotopic (exact) mass is 314 g/mol. The summed E-state index contributed by atoms with van der Waals surface area (Å²) in [6, 6.07) is 19.2. The van der Waals surface area contributed by atoms with Crippen molar-refractivity contribution < 1.29 is 4.42 Å². The summed E-state index contributed by atoms with van der Waals surface area (Å²) in [5, 5.41) is 4.80. The van der Waals surface area contributed by atoms with E-state index in [1.54, 1.807) is 0 Å². The Morgan fingerprint density at radius 2 is 1.67 bits per heavy atom. The largest absolute Gasteiger partial charge is 0.454 e. The molecule has 0 aliphatic carbocycles. The summed E-state index contributed by atoms with van der Waals surface area (Å²) in [4.78, 5) is 4.44. The summed E-state index contributed by atoms with van der Waals surface area (Å²) in [5.74, 6) is 0. The molecule has 0 spiro atoms. The molecular weight excluding hydrogens is 296 g/mol. The van der Waals surface area contributed by atoms with Crippen molar-refractivity contribution in [2.75, 3.05) is 11.9 Å². The van der Waals surface area contributed by atoms with E-state index in [1.807, 2.05) is 0 Å². The molecule has 24 heavy (non-hydrogen) atoms. The molecule has 1 atom stereocenters. The van der Waals surface area contributed by atoms with Gasteiger partial charge in [-0.3, -0.25) is 0 Å². The maximum absolute atomic E-state index is 6.29. The molecule has 0 amide bonds. The van der Waals surface area contributed by atoms with Crippen LogP contribution < -0.4 is 4.90 Å². The molecule has 1 aliphatic rings. The molecule has 3 nitrogen and oxygen atoms in total. The molecule has 3 heteroatoms. The molecule has 1 aliphatic heterocycles. The number of benzene rings is 3. The highest BCUT2D eigenvalue weighted by Gasteiger charge is 2.23. The maximum Gasteiger partial charge on any atom is 0.159 e. The van der Waals surface area contributed by atoms with Gasteiger partial charge in [0, 0.05) is 30.2 Å². The SMILES string of the molecule is CC1N(C)C=CN1c1cccc2c1oc1cc3ccccc3cc12. The van der Waals surface area contributed by atoms with Gasteiger partial charge in [0.05, 0.1) is 5.69 Å². The Bertz CT molecular complexity index is 1110. The number of furan rings is 1. The number of para-hydroxylation sites is 1. The van der Waals surface area contributed by atoms with Crippen molar-refractivity contribution >= 4 is 38.4 Å². The van der Waals surface area contributed by atoms with Crippen LogP contribution in [-0.2, 0) is 0 Å². The Balaban J connectivity index is 1.81. The molecular formula is C21H18N2O. The van der Waals surface area contributed by atoms with Crippen molar-refractivity contribution in [3.8, 4) is 0 Å². The summed E-state index contributed by atoms with van der Waals surface area (Å²) < 4.78 is 6.29. The van der Waals surface area contributed by atoms with E-state index >= 15 is 0 Å². The first-order valence-electron chi connectivity index (χ1n) is 8.25. The molecule has 0 fully saturated rings. The minimum atomic E-state index is 0.280. The van der Waals surface area contributed by atoms with Crippen LogP contribution in [0.4, 0.5) is 5.69 Å². The fraction of sp³-hybridized carbons (Fsp3) is 0.143. The molecule has 2 heterocycles. The van der Waals surface area contributed by atoms with E-state index in [4.69, 9.17) is 4.42 Å². The van der Waals surface area contributed by atoms with Crippen molar-refractivity contribution in [2.45, 2.75) is 13.1 Å². The first kappa shape index (κ1) is 13.5. The van der Waals surface area contributed by atoms with Crippen LogP contribution in [0.3, 0.4) is 0 Å². The normalized spacial score (nSPS) is 17.7. The Kier molecular flexibility index (Phi) is 2.69. The molecule has 118 valence electrons. The quantitative estimate of drug-likeness (QED) is 0.475. The van der Waals surface area contributed by atoms with Crippen LogP contribution in [0.2, 0.25) is 0 Å². The predicted octanol–water partition coefficient (Wildman–Crippen LogP) is 5.31. The first-order chi connectivity index (χ1) is 11.7. The molecule has 1 aromatic heterocycles. The van der Waals surface area contributed by atoms with Crippen molar-refractivity contribution in [3.63, 3.8) is 0 Å². The fourth-order valence-electron chi connectivity index (χ4n) is 3.58. The zero-order valence-corrected chi connectivity index (χ0v) is 13.7. The van der Waals surface area contributed by atoms with Crippen LogP contribution in [0.15, 0.2) is 71.4 Å². The van der Waals surface area contributed by atoms with Gasteiger partial charge in [-0.25, -0.2) is 0 Å². The van der Waals surface area contributed by atoms with E-state index in [9.17, 15) is 0 Å². The summed E-state index contributed by atoms with van der Waals surface area (Å²) in [5.41, 5.74) is 3.01. The third-order valence-corrected chi connectivity index (χ3v) is 5.08. The Morgan fingerprint density at radius 3 is 2.42 bits per heavy atom. The molecule has 3 aromatic carbocycles. The van der Waals surface area contributed by atoms with Gasteiger partial charge in [0.1, 0.15) is 11.7 Å². The van der Waals surface area contributed by atoms with Crippen LogP contribution in [-0.4, -0.2) is 18.1 Å². The number of anilines is 1. The third-order valence-electron chi connectivity index (χ3n) is 5.08. The van der Waals surface area contributed by atoms with E-state index < -0.39 is 0 Å². The van der Waals surface area contributed by atoms with Gasteiger partial charge in [0.2, 0.25) is 0 Å². The lowest BCUT2D eigenvalue weighted by atomic mass is 10.1. The van der Waals surface area contributed by atoms with Crippen molar-refractivity contribution in [3.05, 3.63) is 67.0 Å². The average molecular weight is 314 g/mol. The molecule has 1 unspecified atom stereocenters. The molecule has 0 radical (unpaired) electrons. The second kappa shape index (κ2) is 4.78. The number of hydrogen-bond acceptors (Lipinski definition) is 3. The van der Waals surface area contributed by atoms with Gasteiger partial charge in [-0.05, 0) is 35.9 Å². The highest BCUT2D eigenvalue weighted by Crippen LogP contribution is 2.38. The van der Waals surface area contributed by atoms with E-state index in [0.717, 1.165) is 16.9 Å². The smallest absolute Gasteiger partial charge is 0.159 e. The zero-order chi connectivity index (χ0) is 16.3. The minimum absolute atomic E-state index is 0.280. The summed E-state index contributed by atoms with van der Waals surface area (Å²) in [7, 11) is 2.09. The first-order valence-corrected chi connectivity index (χ1v) is 8.25. The summed E-state index contributed by atoms with van der Waals surface area (Å²) in [6.07, 6.45) is 4.49. The van der Waals surface area contributed by atoms with Crippen LogP contribution in [0.5, 0.6) is 0 Å². The van der Waals surface area contributed by atoms with E-state index in [2.05, 4.69) is 90.8 Å². The van der Waals surface area contributed by atoms with Gasteiger partial charge in [-0.2, -0.15) is 0 Å². The van der Waals surface area contributed by atoms with Gasteiger partial charge >= 0.3 is 0 Å². The number of rotatable bonds is 1. The number of nitrogens with zero attached hydrogens (tertiary/aromatic N) is 2. The predicted molar refractivity (Wildman–Crippen MR) is 100 cm³/mol. The average Bonchev–Trinajstić information content (AvgIpc) is 3.13. The Morgan fingerprint density at radius 1 is 0.875 bits per heavy atom. The second-order valence-electron chi connectivity index (χ2n) is 6.45.